The monoisotopic (exact) mass is 272 g/mol. The Bertz CT molecular complexity index is 654. The van der Waals surface area contributed by atoms with Crippen molar-refractivity contribution in [2.75, 3.05) is 5.32 Å². The van der Waals surface area contributed by atoms with Gasteiger partial charge in [0, 0.05) is 0 Å². The molecule has 1 unspecified atom stereocenters. The van der Waals surface area contributed by atoms with E-state index in [1.54, 1.807) is 6.07 Å². The number of hydrogen-bond acceptors (Lipinski definition) is 2. The van der Waals surface area contributed by atoms with Gasteiger partial charge < -0.3 is 10.6 Å². The molecule has 2 aromatic carbocycles. The predicted octanol–water partition coefficient (Wildman–Crippen LogP) is 3.50. The summed E-state index contributed by atoms with van der Waals surface area (Å²) in [6.45, 7) is 2.02. The van der Waals surface area contributed by atoms with E-state index in [1.165, 1.54) is 0 Å². The van der Waals surface area contributed by atoms with E-state index in [-0.39, 0.29) is 12.1 Å². The molecular weight excluding hydrogens is 260 g/mol. The molecule has 0 saturated heterocycles. The summed E-state index contributed by atoms with van der Waals surface area (Å²) >= 11 is 6.06. The average Bonchev–Trinajstić information content (AvgIpc) is 2.39. The highest BCUT2D eigenvalue weighted by Gasteiger charge is 2.26. The largest absolute Gasteiger partial charge is 0.361 e. The highest BCUT2D eigenvalue weighted by atomic mass is 35.5. The number of nitrogens with one attached hydrogen (secondary N) is 2. The molecule has 19 heavy (non-hydrogen) atoms. The maximum atomic E-state index is 12.2. The number of amides is 1. The molecule has 1 aliphatic rings. The highest BCUT2D eigenvalue weighted by molar-refractivity contribution is 6.34. The van der Waals surface area contributed by atoms with Gasteiger partial charge in [0.25, 0.3) is 5.91 Å². The van der Waals surface area contributed by atoms with Crippen LogP contribution in [0, 0.1) is 6.92 Å². The second-order valence-electron chi connectivity index (χ2n) is 4.57. The molecule has 0 aliphatic carbocycles. The van der Waals surface area contributed by atoms with Crippen LogP contribution in [0.25, 0.3) is 0 Å². The van der Waals surface area contributed by atoms with Gasteiger partial charge in [0.1, 0.15) is 6.17 Å². The molecule has 0 bridgehead atoms. The van der Waals surface area contributed by atoms with E-state index in [1.807, 2.05) is 43.3 Å². The standard InChI is InChI=1S/C15H13ClN2O/c1-9-5-2-3-6-10(9)14-17-12-8-4-7-11(16)13(12)15(19)18-14/h2-8,14,17H,1H3,(H,18,19). The molecular formula is C15H13ClN2O. The van der Waals surface area contributed by atoms with E-state index >= 15 is 0 Å². The van der Waals surface area contributed by atoms with Crippen molar-refractivity contribution in [3.63, 3.8) is 0 Å². The van der Waals surface area contributed by atoms with Gasteiger partial charge in [-0.25, -0.2) is 0 Å². The molecule has 1 heterocycles. The molecule has 2 N–H and O–H groups in total. The number of carbonyl (C=O) groups is 1. The second kappa shape index (κ2) is 4.59. The number of anilines is 1. The molecule has 0 aromatic heterocycles. The molecule has 1 atom stereocenters. The lowest BCUT2D eigenvalue weighted by atomic mass is 10.0. The topological polar surface area (TPSA) is 41.1 Å². The first-order valence-electron chi connectivity index (χ1n) is 6.08. The third-order valence-electron chi connectivity index (χ3n) is 3.32. The van der Waals surface area contributed by atoms with Crippen LogP contribution in [0.15, 0.2) is 42.5 Å². The van der Waals surface area contributed by atoms with Crippen molar-refractivity contribution in [2.24, 2.45) is 0 Å². The summed E-state index contributed by atoms with van der Waals surface area (Å²) in [6.07, 6.45) is -0.223. The Labute approximate surface area is 116 Å². The minimum atomic E-state index is -0.223. The number of hydrogen-bond donors (Lipinski definition) is 2. The molecule has 2 aromatic rings. The second-order valence-corrected chi connectivity index (χ2v) is 4.98. The molecule has 4 heteroatoms. The van der Waals surface area contributed by atoms with Crippen LogP contribution in [-0.2, 0) is 0 Å². The van der Waals surface area contributed by atoms with E-state index in [0.717, 1.165) is 16.8 Å². The first-order chi connectivity index (χ1) is 9.16. The van der Waals surface area contributed by atoms with Gasteiger partial charge in [-0.3, -0.25) is 4.79 Å². The normalized spacial score (nSPS) is 17.4. The van der Waals surface area contributed by atoms with E-state index in [9.17, 15) is 4.79 Å². The van der Waals surface area contributed by atoms with Gasteiger partial charge in [-0.1, -0.05) is 41.9 Å². The van der Waals surface area contributed by atoms with Crippen molar-refractivity contribution >= 4 is 23.2 Å². The van der Waals surface area contributed by atoms with Gasteiger partial charge in [-0.2, -0.15) is 0 Å². The fourth-order valence-corrected chi connectivity index (χ4v) is 2.60. The lowest BCUT2D eigenvalue weighted by Crippen LogP contribution is -2.39. The third kappa shape index (κ3) is 2.06. The average molecular weight is 273 g/mol. The number of fused-ring (bicyclic) bond motifs is 1. The molecule has 1 aliphatic heterocycles. The first kappa shape index (κ1) is 12.1. The predicted molar refractivity (Wildman–Crippen MR) is 76.5 cm³/mol. The zero-order chi connectivity index (χ0) is 13.4. The lowest BCUT2D eigenvalue weighted by Gasteiger charge is -2.29. The Morgan fingerprint density at radius 3 is 2.63 bits per heavy atom. The summed E-state index contributed by atoms with van der Waals surface area (Å²) in [5.41, 5.74) is 3.46. The van der Waals surface area contributed by atoms with Gasteiger partial charge in [-0.05, 0) is 30.2 Å². The summed E-state index contributed by atoms with van der Waals surface area (Å²) in [6, 6.07) is 13.4. The summed E-state index contributed by atoms with van der Waals surface area (Å²) in [5.74, 6) is -0.146. The highest BCUT2D eigenvalue weighted by Crippen LogP contribution is 2.31. The van der Waals surface area contributed by atoms with Crippen LogP contribution in [0.1, 0.15) is 27.7 Å². The van der Waals surface area contributed by atoms with Crippen LogP contribution in [0.3, 0.4) is 0 Å². The summed E-state index contributed by atoms with van der Waals surface area (Å²) in [4.78, 5) is 12.2. The zero-order valence-corrected chi connectivity index (χ0v) is 11.2. The Hall–Kier alpha value is -2.00. The minimum absolute atomic E-state index is 0.146. The number of carbonyl (C=O) groups excluding carboxylic acids is 1. The van der Waals surface area contributed by atoms with Crippen LogP contribution in [-0.4, -0.2) is 5.91 Å². The maximum absolute atomic E-state index is 12.2. The van der Waals surface area contributed by atoms with Crippen LogP contribution in [0.2, 0.25) is 5.02 Å². The number of aryl methyl sites for hydroxylation is 1. The summed E-state index contributed by atoms with van der Waals surface area (Å²) in [7, 11) is 0. The smallest absolute Gasteiger partial charge is 0.256 e. The molecule has 0 radical (unpaired) electrons. The van der Waals surface area contributed by atoms with Crippen molar-refractivity contribution in [2.45, 2.75) is 13.1 Å². The van der Waals surface area contributed by atoms with Crippen molar-refractivity contribution in [3.05, 3.63) is 64.2 Å². The zero-order valence-electron chi connectivity index (χ0n) is 10.4. The van der Waals surface area contributed by atoms with E-state index in [0.29, 0.717) is 10.6 Å². The molecule has 0 saturated carbocycles. The number of benzene rings is 2. The fourth-order valence-electron chi connectivity index (χ4n) is 2.34. The van der Waals surface area contributed by atoms with Gasteiger partial charge in [-0.15, -0.1) is 0 Å². The number of halogens is 1. The molecule has 1 amide bonds. The lowest BCUT2D eigenvalue weighted by molar-refractivity contribution is 0.0936. The minimum Gasteiger partial charge on any atom is -0.361 e. The van der Waals surface area contributed by atoms with Gasteiger partial charge in [0.2, 0.25) is 0 Å². The Morgan fingerprint density at radius 2 is 1.84 bits per heavy atom. The van der Waals surface area contributed by atoms with Crippen LogP contribution >= 0.6 is 11.6 Å². The van der Waals surface area contributed by atoms with Crippen LogP contribution in [0.5, 0.6) is 0 Å². The summed E-state index contributed by atoms with van der Waals surface area (Å²) in [5, 5.41) is 6.71. The Kier molecular flexibility index (Phi) is 2.91. The fraction of sp³-hybridized carbons (Fsp3) is 0.133. The summed E-state index contributed by atoms with van der Waals surface area (Å²) < 4.78 is 0. The quantitative estimate of drug-likeness (QED) is 0.834. The molecule has 0 spiro atoms. The van der Waals surface area contributed by atoms with Gasteiger partial charge in [0.05, 0.1) is 16.3 Å². The van der Waals surface area contributed by atoms with Crippen molar-refractivity contribution in [3.8, 4) is 0 Å². The van der Waals surface area contributed by atoms with Crippen LogP contribution < -0.4 is 10.6 Å². The maximum Gasteiger partial charge on any atom is 0.256 e. The first-order valence-corrected chi connectivity index (χ1v) is 6.46. The number of rotatable bonds is 1. The molecule has 3 rings (SSSR count). The van der Waals surface area contributed by atoms with Crippen molar-refractivity contribution < 1.29 is 4.79 Å². The Morgan fingerprint density at radius 1 is 1.05 bits per heavy atom. The van der Waals surface area contributed by atoms with E-state index < -0.39 is 0 Å². The van der Waals surface area contributed by atoms with Crippen molar-refractivity contribution in [1.29, 1.82) is 0 Å². The van der Waals surface area contributed by atoms with Crippen LogP contribution in [0.4, 0.5) is 5.69 Å². The SMILES string of the molecule is Cc1ccccc1C1NC(=O)c2c(Cl)cccc2N1. The van der Waals surface area contributed by atoms with Crippen molar-refractivity contribution in [1.82, 2.24) is 5.32 Å². The molecule has 96 valence electrons. The van der Waals surface area contributed by atoms with Gasteiger partial charge >= 0.3 is 0 Å². The third-order valence-corrected chi connectivity index (χ3v) is 3.63. The van der Waals surface area contributed by atoms with E-state index in [2.05, 4.69) is 10.6 Å². The van der Waals surface area contributed by atoms with Gasteiger partial charge in [0.15, 0.2) is 0 Å². The molecule has 0 fully saturated rings. The molecule has 3 nitrogen and oxygen atoms in total. The van der Waals surface area contributed by atoms with E-state index in [4.69, 9.17) is 11.6 Å². The Balaban J connectivity index is 2.03.